The van der Waals surface area contributed by atoms with E-state index >= 15 is 0 Å². The minimum absolute atomic E-state index is 0.0269. The number of benzene rings is 2. The predicted molar refractivity (Wildman–Crippen MR) is 147 cm³/mol. The smallest absolute Gasteiger partial charge is 0.336 e. The molecule has 0 radical (unpaired) electrons. The summed E-state index contributed by atoms with van der Waals surface area (Å²) in [4.78, 5) is 28.9. The van der Waals surface area contributed by atoms with E-state index in [1.54, 1.807) is 6.07 Å². The molecule has 0 bridgehead atoms. The van der Waals surface area contributed by atoms with E-state index in [-0.39, 0.29) is 22.1 Å². The Morgan fingerprint density at radius 3 is 2.51 bits per heavy atom. The number of aromatic nitrogens is 2. The van der Waals surface area contributed by atoms with Crippen molar-refractivity contribution >= 4 is 51.5 Å². The number of fused-ring (bicyclic) bond motifs is 1. The number of nitrogens with zero attached hydrogens (tertiary/aromatic N) is 2. The first-order valence-electron chi connectivity index (χ1n) is 11.9. The van der Waals surface area contributed by atoms with E-state index in [0.29, 0.717) is 24.0 Å². The van der Waals surface area contributed by atoms with Crippen LogP contribution in [-0.2, 0) is 24.3 Å². The lowest BCUT2D eigenvalue weighted by Crippen LogP contribution is -2.33. The van der Waals surface area contributed by atoms with Crippen LogP contribution in [0.1, 0.15) is 73.4 Å². The lowest BCUT2D eigenvalue weighted by atomic mass is 9.90. The minimum Gasteiger partial charge on any atom is -0.478 e. The van der Waals surface area contributed by atoms with Gasteiger partial charge in [-0.25, -0.2) is 9.78 Å². The molecule has 2 aromatic carbocycles. The summed E-state index contributed by atoms with van der Waals surface area (Å²) in [5.41, 5.74) is 5.27. The Bertz CT molecular complexity index is 1250. The van der Waals surface area contributed by atoms with Gasteiger partial charge in [0.15, 0.2) is 0 Å². The number of halogens is 1. The molecule has 0 aliphatic carbocycles. The number of carboxylic acids is 1. The van der Waals surface area contributed by atoms with Gasteiger partial charge >= 0.3 is 5.97 Å². The van der Waals surface area contributed by atoms with Gasteiger partial charge in [0.25, 0.3) is 0 Å². The van der Waals surface area contributed by atoms with E-state index in [4.69, 9.17) is 4.98 Å². The summed E-state index contributed by atoms with van der Waals surface area (Å²) in [6.45, 7) is 11.5. The molecule has 8 heteroatoms. The van der Waals surface area contributed by atoms with Crippen LogP contribution in [-0.4, -0.2) is 31.8 Å². The number of imidazole rings is 1. The molecule has 35 heavy (non-hydrogen) atoms. The second-order valence-electron chi connectivity index (χ2n) is 10.3. The van der Waals surface area contributed by atoms with Gasteiger partial charge in [-0.3, -0.25) is 4.79 Å². The molecule has 1 aromatic heterocycles. The van der Waals surface area contributed by atoms with Crippen molar-refractivity contribution in [3.63, 3.8) is 0 Å². The molecular formula is C27H34BrN3O3S. The molecule has 1 atom stereocenters. The molecule has 3 rings (SSSR count). The average molecular weight is 561 g/mol. The highest BCUT2D eigenvalue weighted by molar-refractivity contribution is 9.10. The highest BCUT2D eigenvalue weighted by Crippen LogP contribution is 2.27. The maximum absolute atomic E-state index is 12.6. The largest absolute Gasteiger partial charge is 0.478 e. The lowest BCUT2D eigenvalue weighted by molar-refractivity contribution is -0.121. The molecule has 3 aromatic rings. The number of aromatic carboxylic acids is 1. The first kappa shape index (κ1) is 27.3. The molecule has 1 heterocycles. The Hall–Kier alpha value is -2.32. The Morgan fingerprint density at radius 2 is 1.91 bits per heavy atom. The summed E-state index contributed by atoms with van der Waals surface area (Å²) in [5.74, 6) is -0.0354. The van der Waals surface area contributed by atoms with Gasteiger partial charge in [0.1, 0.15) is 5.82 Å². The number of amides is 1. The third-order valence-corrected chi connectivity index (χ3v) is 6.91. The van der Waals surface area contributed by atoms with Crippen LogP contribution in [0.4, 0.5) is 0 Å². The number of hydrogen-bond acceptors (Lipinski definition) is 4. The van der Waals surface area contributed by atoms with Crippen molar-refractivity contribution in [2.75, 3.05) is 0 Å². The second-order valence-corrected chi connectivity index (χ2v) is 11.7. The highest BCUT2D eigenvalue weighted by atomic mass is 79.9. The third-order valence-electron chi connectivity index (χ3n) is 5.84. The van der Waals surface area contributed by atoms with Crippen molar-refractivity contribution in [2.45, 2.75) is 72.2 Å². The average Bonchev–Trinajstić information content (AvgIpc) is 3.08. The van der Waals surface area contributed by atoms with Crippen LogP contribution in [0.25, 0.3) is 11.0 Å². The first-order chi connectivity index (χ1) is 16.4. The number of nitrogens with one attached hydrogen (secondary N) is 1. The zero-order valence-electron chi connectivity index (χ0n) is 21.0. The molecule has 1 unspecified atom stereocenters. The molecule has 0 saturated carbocycles. The van der Waals surface area contributed by atoms with Crippen LogP contribution in [0.15, 0.2) is 34.8 Å². The summed E-state index contributed by atoms with van der Waals surface area (Å²) in [5, 5.41) is 12.0. The number of hydrogen-bond donors (Lipinski definition) is 3. The van der Waals surface area contributed by atoms with Gasteiger partial charge in [-0.2, -0.15) is 12.6 Å². The Balaban J connectivity index is 1.91. The number of rotatable bonds is 9. The standard InChI is InChI=1S/C27H34BrN3O3S/c1-6-7-23-30-24-16(2)10-18(14-29-25(32)22(35)13-27(3,4)5)12-21(24)31(23)15-17-8-9-19(26(33)34)20(28)11-17/h8-12,22,35H,6-7,13-15H2,1-5H3,(H,29,32)(H,33,34). The minimum atomic E-state index is -0.962. The van der Waals surface area contributed by atoms with E-state index in [1.165, 1.54) is 0 Å². The number of carboxylic acid groups (broad SMARTS) is 1. The van der Waals surface area contributed by atoms with Gasteiger partial charge in [0.2, 0.25) is 5.91 Å². The van der Waals surface area contributed by atoms with E-state index < -0.39 is 5.97 Å². The normalized spacial score (nSPS) is 12.7. The van der Waals surface area contributed by atoms with Crippen molar-refractivity contribution in [1.29, 1.82) is 0 Å². The van der Waals surface area contributed by atoms with Gasteiger partial charge < -0.3 is 15.0 Å². The summed E-state index contributed by atoms with van der Waals surface area (Å²) >= 11 is 7.89. The molecule has 0 saturated heterocycles. The molecule has 188 valence electrons. The van der Waals surface area contributed by atoms with E-state index in [9.17, 15) is 14.7 Å². The predicted octanol–water partition coefficient (Wildman–Crippen LogP) is 6.16. The molecule has 0 spiro atoms. The van der Waals surface area contributed by atoms with E-state index in [1.807, 2.05) is 19.1 Å². The summed E-state index contributed by atoms with van der Waals surface area (Å²) < 4.78 is 2.75. The van der Waals surface area contributed by atoms with Gasteiger partial charge in [0.05, 0.1) is 21.8 Å². The summed E-state index contributed by atoms with van der Waals surface area (Å²) in [7, 11) is 0. The lowest BCUT2D eigenvalue weighted by Gasteiger charge is -2.22. The molecule has 0 fully saturated rings. The molecule has 2 N–H and O–H groups in total. The number of carbonyl (C=O) groups is 2. The highest BCUT2D eigenvalue weighted by Gasteiger charge is 2.22. The topological polar surface area (TPSA) is 84.2 Å². The van der Waals surface area contributed by atoms with E-state index in [0.717, 1.165) is 46.4 Å². The fourth-order valence-corrected chi connectivity index (χ4v) is 5.43. The Morgan fingerprint density at radius 1 is 1.20 bits per heavy atom. The fourth-order valence-electron chi connectivity index (χ4n) is 4.20. The zero-order valence-corrected chi connectivity index (χ0v) is 23.5. The Kier molecular flexibility index (Phi) is 8.70. The molecular weight excluding hydrogens is 526 g/mol. The van der Waals surface area contributed by atoms with Crippen molar-refractivity contribution in [1.82, 2.24) is 14.9 Å². The van der Waals surface area contributed by atoms with Crippen molar-refractivity contribution in [2.24, 2.45) is 5.41 Å². The van der Waals surface area contributed by atoms with Crippen LogP contribution in [0.2, 0.25) is 0 Å². The van der Waals surface area contributed by atoms with Crippen LogP contribution in [0, 0.1) is 12.3 Å². The molecule has 6 nitrogen and oxygen atoms in total. The number of thiol groups is 1. The maximum Gasteiger partial charge on any atom is 0.336 e. The Labute approximate surface area is 221 Å². The second kappa shape index (κ2) is 11.2. The monoisotopic (exact) mass is 559 g/mol. The number of carbonyl (C=O) groups excluding carboxylic acids is 1. The SMILES string of the molecule is CCCc1nc2c(C)cc(CNC(=O)C(S)CC(C)(C)C)cc2n1Cc1ccc(C(=O)O)c(Br)c1. The van der Waals surface area contributed by atoms with E-state index in [2.05, 4.69) is 78.3 Å². The van der Waals surface area contributed by atoms with Gasteiger partial charge in [-0.1, -0.05) is 39.8 Å². The third kappa shape index (κ3) is 6.88. The van der Waals surface area contributed by atoms with Crippen LogP contribution >= 0.6 is 28.6 Å². The summed E-state index contributed by atoms with van der Waals surface area (Å²) in [6, 6.07) is 9.48. The maximum atomic E-state index is 12.6. The van der Waals surface area contributed by atoms with Crippen LogP contribution in [0.5, 0.6) is 0 Å². The van der Waals surface area contributed by atoms with Crippen LogP contribution < -0.4 is 5.32 Å². The van der Waals surface area contributed by atoms with Crippen molar-refractivity contribution in [3.05, 3.63) is 62.9 Å². The first-order valence-corrected chi connectivity index (χ1v) is 13.2. The summed E-state index contributed by atoms with van der Waals surface area (Å²) in [6.07, 6.45) is 2.50. The van der Waals surface area contributed by atoms with Crippen molar-refractivity contribution < 1.29 is 14.7 Å². The van der Waals surface area contributed by atoms with Crippen LogP contribution in [0.3, 0.4) is 0 Å². The number of aryl methyl sites for hydroxylation is 2. The molecule has 0 aliphatic heterocycles. The van der Waals surface area contributed by atoms with Gasteiger partial charge in [0, 0.05) is 24.0 Å². The quantitative estimate of drug-likeness (QED) is 0.274. The van der Waals surface area contributed by atoms with Gasteiger partial charge in [-0.05, 0) is 76.0 Å². The van der Waals surface area contributed by atoms with Crippen molar-refractivity contribution in [3.8, 4) is 0 Å². The fraction of sp³-hybridized carbons (Fsp3) is 0.444. The van der Waals surface area contributed by atoms with Gasteiger partial charge in [-0.15, -0.1) is 0 Å². The molecule has 1 amide bonds. The zero-order chi connectivity index (χ0) is 25.9. The molecule has 0 aliphatic rings.